The lowest BCUT2D eigenvalue weighted by molar-refractivity contribution is 0.140. The standard InChI is InChI=1S/C24H72N12O4S4Si/c1-25(2)41(26(3)4,27(5)6)37-45(38-42(28(7)8,29(9)10)30(11)12,39-43(31(13)14,32(15)16)33(17)18)40-44(34(19)20,35(21)22)36(23)24/h1-24H3. The molecule has 0 aromatic rings. The molecule has 0 aromatic carbocycles. The number of rotatable bonds is 20. The van der Waals surface area contributed by atoms with Crippen molar-refractivity contribution in [3.05, 3.63) is 0 Å². The molecule has 0 amide bonds. The zero-order chi connectivity index (χ0) is 36.3. The van der Waals surface area contributed by atoms with Crippen molar-refractivity contribution in [2.75, 3.05) is 169 Å². The van der Waals surface area contributed by atoms with Crippen LogP contribution >= 0.6 is 43.5 Å². The van der Waals surface area contributed by atoms with E-state index in [4.69, 9.17) is 15.5 Å². The number of hydrogen-bond acceptors (Lipinski definition) is 16. The van der Waals surface area contributed by atoms with E-state index in [1.54, 1.807) is 0 Å². The Bertz CT molecular complexity index is 674. The monoisotopic (exact) mass is 748 g/mol. The Morgan fingerprint density at radius 3 is 0.378 bits per heavy atom. The Hall–Kier alpha value is 0.977. The zero-order valence-corrected chi connectivity index (χ0v) is 37.4. The molecule has 0 unspecified atom stereocenters. The first-order chi connectivity index (χ1) is 20.1. The summed E-state index contributed by atoms with van der Waals surface area (Å²) in [6.45, 7) is 0. The summed E-state index contributed by atoms with van der Waals surface area (Å²) in [4.78, 5) is 0. The highest BCUT2D eigenvalue weighted by Crippen LogP contribution is 2.69. The second kappa shape index (κ2) is 17.3. The molecule has 0 spiro atoms. The summed E-state index contributed by atoms with van der Waals surface area (Å²) in [6.07, 6.45) is 0. The SMILES string of the molecule is CN(C)S(O[Si](OS(N(C)C)(N(C)C)N(C)C)(OS(N(C)C)(N(C)C)N(C)C)OS(N(C)C)(N(C)C)N(C)C)(N(C)C)N(C)C. The Balaban J connectivity index is 8.82. The van der Waals surface area contributed by atoms with Crippen molar-refractivity contribution in [1.82, 2.24) is 51.7 Å². The molecule has 0 atom stereocenters. The van der Waals surface area contributed by atoms with Crippen molar-refractivity contribution in [3.63, 3.8) is 0 Å². The smallest absolute Gasteiger partial charge is 0.263 e. The molecule has 0 fully saturated rings. The molecular formula is C24H72N12O4S4Si. The van der Waals surface area contributed by atoms with Crippen LogP contribution in [0.4, 0.5) is 0 Å². The topological polar surface area (TPSA) is 75.8 Å². The fourth-order valence-corrected chi connectivity index (χ4v) is 27.0. The fourth-order valence-electron chi connectivity index (χ4n) is 5.44. The van der Waals surface area contributed by atoms with Gasteiger partial charge in [0.2, 0.25) is 0 Å². The maximum atomic E-state index is 7.68. The highest BCUT2D eigenvalue weighted by atomic mass is 32.3. The summed E-state index contributed by atoms with van der Waals surface area (Å²) in [5.41, 5.74) is 0. The molecule has 0 aliphatic heterocycles. The molecule has 0 aliphatic rings. The molecule has 0 N–H and O–H groups in total. The van der Waals surface area contributed by atoms with Gasteiger partial charge in [-0.2, -0.15) is 0 Å². The lowest BCUT2D eigenvalue weighted by Crippen LogP contribution is -2.63. The highest BCUT2D eigenvalue weighted by molar-refractivity contribution is 8.28. The summed E-state index contributed by atoms with van der Waals surface area (Å²) in [5.74, 6) is 0. The molecule has 280 valence electrons. The van der Waals surface area contributed by atoms with Crippen LogP contribution in [0.1, 0.15) is 0 Å². The molecule has 0 radical (unpaired) electrons. The van der Waals surface area contributed by atoms with Gasteiger partial charge in [-0.1, -0.05) is 0 Å². The number of hydrogen-bond donors (Lipinski definition) is 0. The molecule has 0 aromatic heterocycles. The molecule has 16 nitrogen and oxygen atoms in total. The normalized spacial score (nSPS) is 16.6. The molecular weight excluding hydrogens is 677 g/mol. The van der Waals surface area contributed by atoms with Gasteiger partial charge in [-0.25, -0.2) is 51.7 Å². The molecule has 45 heavy (non-hydrogen) atoms. The molecule has 21 heteroatoms. The third-order valence-electron chi connectivity index (χ3n) is 6.56. The molecule has 0 aliphatic carbocycles. The predicted octanol–water partition coefficient (Wildman–Crippen LogP) is 2.09. The van der Waals surface area contributed by atoms with E-state index >= 15 is 0 Å². The third kappa shape index (κ3) is 8.83. The average molecular weight is 749 g/mol. The molecule has 0 saturated carbocycles. The Kier molecular flexibility index (Phi) is 17.6. The lowest BCUT2D eigenvalue weighted by Gasteiger charge is -2.63. The minimum Gasteiger partial charge on any atom is -0.263 e. The van der Waals surface area contributed by atoms with Crippen molar-refractivity contribution < 1.29 is 15.5 Å². The van der Waals surface area contributed by atoms with Gasteiger partial charge in [0.05, 0.1) is 0 Å². The van der Waals surface area contributed by atoms with Crippen molar-refractivity contribution in [3.8, 4) is 0 Å². The van der Waals surface area contributed by atoms with E-state index in [9.17, 15) is 0 Å². The van der Waals surface area contributed by atoms with Crippen LogP contribution in [0.25, 0.3) is 0 Å². The van der Waals surface area contributed by atoms with Crippen LogP contribution in [-0.2, 0) is 15.5 Å². The van der Waals surface area contributed by atoms with E-state index in [1.807, 2.05) is 169 Å². The first-order valence-electron chi connectivity index (χ1n) is 14.4. The van der Waals surface area contributed by atoms with E-state index in [2.05, 4.69) is 51.7 Å². The van der Waals surface area contributed by atoms with Gasteiger partial charge in [0, 0.05) is 43.5 Å². The van der Waals surface area contributed by atoms with Gasteiger partial charge in [-0.05, 0) is 169 Å². The summed E-state index contributed by atoms with van der Waals surface area (Å²) >= 11 is 0. The third-order valence-corrected chi connectivity index (χ3v) is 24.8. The predicted molar refractivity (Wildman–Crippen MR) is 205 cm³/mol. The summed E-state index contributed by atoms with van der Waals surface area (Å²) in [6, 6.07) is 0. The quantitative estimate of drug-likeness (QED) is 0.171. The van der Waals surface area contributed by atoms with Crippen LogP contribution in [0.5, 0.6) is 0 Å². The van der Waals surface area contributed by atoms with E-state index < -0.39 is 52.5 Å². The van der Waals surface area contributed by atoms with Gasteiger partial charge in [0.15, 0.2) is 0 Å². The first-order valence-corrected chi connectivity index (χ1v) is 21.8. The van der Waals surface area contributed by atoms with Gasteiger partial charge >= 0.3 is 9.05 Å². The van der Waals surface area contributed by atoms with Crippen molar-refractivity contribution in [1.29, 1.82) is 0 Å². The lowest BCUT2D eigenvalue weighted by atomic mass is 11.2. The van der Waals surface area contributed by atoms with E-state index in [-0.39, 0.29) is 0 Å². The minimum atomic E-state index is -4.44. The second-order valence-electron chi connectivity index (χ2n) is 12.5. The largest absolute Gasteiger partial charge is 0.731 e. The fraction of sp³-hybridized carbons (Fsp3) is 1.00. The Morgan fingerprint density at radius 1 is 0.222 bits per heavy atom. The van der Waals surface area contributed by atoms with Crippen LogP contribution in [0, 0.1) is 0 Å². The molecule has 0 saturated heterocycles. The molecule has 0 bridgehead atoms. The maximum Gasteiger partial charge on any atom is 0.731 e. The Morgan fingerprint density at radius 2 is 0.311 bits per heavy atom. The van der Waals surface area contributed by atoms with Gasteiger partial charge in [0.25, 0.3) is 0 Å². The number of nitrogens with zero attached hydrogens (tertiary/aromatic N) is 12. The van der Waals surface area contributed by atoms with Crippen LogP contribution in [0.15, 0.2) is 0 Å². The highest BCUT2D eigenvalue weighted by Gasteiger charge is 2.67. The Labute approximate surface area is 287 Å². The molecule has 0 rings (SSSR count). The first kappa shape index (κ1) is 46.0. The second-order valence-corrected chi connectivity index (χ2v) is 28.6. The van der Waals surface area contributed by atoms with Gasteiger partial charge < -0.3 is 0 Å². The maximum absolute atomic E-state index is 7.68. The van der Waals surface area contributed by atoms with Gasteiger partial charge in [-0.3, -0.25) is 15.5 Å². The van der Waals surface area contributed by atoms with Crippen molar-refractivity contribution >= 4 is 52.5 Å². The van der Waals surface area contributed by atoms with E-state index in [0.717, 1.165) is 0 Å². The zero-order valence-electron chi connectivity index (χ0n) is 33.1. The van der Waals surface area contributed by atoms with Crippen LogP contribution in [-0.4, -0.2) is 230 Å². The average Bonchev–Trinajstić information content (AvgIpc) is 2.84. The summed E-state index contributed by atoms with van der Waals surface area (Å²) in [7, 11) is 34.5. The van der Waals surface area contributed by atoms with Gasteiger partial charge in [0.1, 0.15) is 0 Å². The van der Waals surface area contributed by atoms with Crippen molar-refractivity contribution in [2.45, 2.75) is 0 Å². The van der Waals surface area contributed by atoms with Crippen LogP contribution in [0.3, 0.4) is 0 Å². The minimum absolute atomic E-state index is 2.02. The summed E-state index contributed by atoms with van der Waals surface area (Å²) in [5, 5.41) is 0. The van der Waals surface area contributed by atoms with Crippen molar-refractivity contribution in [2.24, 2.45) is 0 Å². The summed E-state index contributed by atoms with van der Waals surface area (Å²) < 4.78 is 55.9. The molecule has 0 heterocycles. The van der Waals surface area contributed by atoms with Gasteiger partial charge in [-0.15, -0.1) is 0 Å². The van der Waals surface area contributed by atoms with E-state index in [0.29, 0.717) is 0 Å². The van der Waals surface area contributed by atoms with E-state index in [1.165, 1.54) is 0 Å². The van der Waals surface area contributed by atoms with Crippen LogP contribution in [0.2, 0.25) is 0 Å². The van der Waals surface area contributed by atoms with Crippen LogP contribution < -0.4 is 0 Å².